The van der Waals surface area contributed by atoms with Crippen LogP contribution in [0.1, 0.15) is 31.9 Å². The first-order valence-corrected chi connectivity index (χ1v) is 8.67. The van der Waals surface area contributed by atoms with Gasteiger partial charge in [-0.15, -0.1) is 0 Å². The molecule has 18 heavy (non-hydrogen) atoms. The Bertz CT molecular complexity index is 453. The predicted octanol–water partition coefficient (Wildman–Crippen LogP) is 2.20. The summed E-state index contributed by atoms with van der Waals surface area (Å²) in [6, 6.07) is 0. The zero-order chi connectivity index (χ0) is 13.6. The number of hydrogen-bond acceptors (Lipinski definition) is 3. The minimum absolute atomic E-state index is 0.233. The van der Waals surface area contributed by atoms with Crippen molar-refractivity contribution in [1.82, 2.24) is 14.9 Å². The van der Waals surface area contributed by atoms with Crippen LogP contribution in [0, 0.1) is 12.8 Å². The maximum Gasteiger partial charge on any atom is 0.243 e. The van der Waals surface area contributed by atoms with Crippen LogP contribution in [-0.2, 0) is 10.0 Å². The number of nitrogens with zero attached hydrogens (tertiary/aromatic N) is 1. The third kappa shape index (κ3) is 4.37. The molecule has 0 amide bonds. The highest BCUT2D eigenvalue weighted by molar-refractivity contribution is 9.09. The van der Waals surface area contributed by atoms with Crippen molar-refractivity contribution in [2.75, 3.05) is 11.9 Å². The summed E-state index contributed by atoms with van der Waals surface area (Å²) in [6.07, 6.45) is 4.40. The summed E-state index contributed by atoms with van der Waals surface area (Å²) in [6.45, 7) is 4.28. The predicted molar refractivity (Wildman–Crippen MR) is 75.3 cm³/mol. The fourth-order valence-electron chi connectivity index (χ4n) is 1.83. The molecular formula is C11H20BrN3O2S. The Balaban J connectivity index is 2.64. The summed E-state index contributed by atoms with van der Waals surface area (Å²) < 4.78 is 26.8. The SMILES string of the molecule is CCCC(CCBr)CNS(=O)(=O)c1cn[nH]c1C. The van der Waals surface area contributed by atoms with Crippen LogP contribution in [0.3, 0.4) is 0 Å². The Morgan fingerprint density at radius 2 is 2.22 bits per heavy atom. The molecule has 1 aromatic rings. The van der Waals surface area contributed by atoms with Gasteiger partial charge in [0, 0.05) is 11.9 Å². The number of nitrogens with one attached hydrogen (secondary N) is 2. The van der Waals surface area contributed by atoms with E-state index in [1.165, 1.54) is 6.20 Å². The minimum atomic E-state index is -3.44. The van der Waals surface area contributed by atoms with Crippen molar-refractivity contribution in [3.63, 3.8) is 0 Å². The normalized spacial score (nSPS) is 13.7. The van der Waals surface area contributed by atoms with Crippen LogP contribution in [0.15, 0.2) is 11.1 Å². The molecule has 0 bridgehead atoms. The van der Waals surface area contributed by atoms with Gasteiger partial charge < -0.3 is 0 Å². The van der Waals surface area contributed by atoms with E-state index in [2.05, 4.69) is 37.8 Å². The summed E-state index contributed by atoms with van der Waals surface area (Å²) in [5.74, 6) is 0.372. The Kier molecular flexibility index (Phi) is 6.31. The number of halogens is 1. The molecule has 104 valence electrons. The van der Waals surface area contributed by atoms with E-state index in [0.717, 1.165) is 24.6 Å². The largest absolute Gasteiger partial charge is 0.281 e. The summed E-state index contributed by atoms with van der Waals surface area (Å²) in [7, 11) is -3.44. The molecule has 0 spiro atoms. The fraction of sp³-hybridized carbons (Fsp3) is 0.727. The first-order chi connectivity index (χ1) is 8.51. The third-order valence-corrected chi connectivity index (χ3v) is 4.84. The van der Waals surface area contributed by atoms with E-state index in [9.17, 15) is 8.42 Å². The average Bonchev–Trinajstić information content (AvgIpc) is 2.74. The van der Waals surface area contributed by atoms with Crippen LogP contribution in [0.5, 0.6) is 0 Å². The molecule has 0 aromatic carbocycles. The molecule has 2 N–H and O–H groups in total. The average molecular weight is 338 g/mol. The Morgan fingerprint density at radius 3 is 2.72 bits per heavy atom. The molecule has 1 aromatic heterocycles. The van der Waals surface area contributed by atoms with Gasteiger partial charge in [0.2, 0.25) is 10.0 Å². The number of aromatic amines is 1. The topological polar surface area (TPSA) is 74.8 Å². The minimum Gasteiger partial charge on any atom is -0.281 e. The van der Waals surface area contributed by atoms with E-state index in [4.69, 9.17) is 0 Å². The van der Waals surface area contributed by atoms with Crippen LogP contribution >= 0.6 is 15.9 Å². The van der Waals surface area contributed by atoms with Crippen molar-refractivity contribution in [2.24, 2.45) is 5.92 Å². The van der Waals surface area contributed by atoms with E-state index in [-0.39, 0.29) is 4.90 Å². The van der Waals surface area contributed by atoms with Gasteiger partial charge in [0.05, 0.1) is 11.9 Å². The van der Waals surface area contributed by atoms with Gasteiger partial charge in [-0.2, -0.15) is 5.10 Å². The lowest BCUT2D eigenvalue weighted by Crippen LogP contribution is -2.29. The maximum atomic E-state index is 12.0. The van der Waals surface area contributed by atoms with E-state index >= 15 is 0 Å². The van der Waals surface area contributed by atoms with Crippen LogP contribution in [-0.4, -0.2) is 30.5 Å². The lowest BCUT2D eigenvalue weighted by atomic mass is 10.0. The van der Waals surface area contributed by atoms with Crippen molar-refractivity contribution in [2.45, 2.75) is 38.0 Å². The van der Waals surface area contributed by atoms with Gasteiger partial charge >= 0.3 is 0 Å². The van der Waals surface area contributed by atoms with Crippen LogP contribution in [0.4, 0.5) is 0 Å². The monoisotopic (exact) mass is 337 g/mol. The molecule has 1 unspecified atom stereocenters. The van der Waals surface area contributed by atoms with Gasteiger partial charge in [-0.1, -0.05) is 29.3 Å². The smallest absolute Gasteiger partial charge is 0.243 e. The molecule has 0 radical (unpaired) electrons. The van der Waals surface area contributed by atoms with Crippen molar-refractivity contribution in [3.8, 4) is 0 Å². The molecule has 1 rings (SSSR count). The highest BCUT2D eigenvalue weighted by atomic mass is 79.9. The van der Waals surface area contributed by atoms with Crippen LogP contribution < -0.4 is 4.72 Å². The second kappa shape index (κ2) is 7.25. The Hall–Kier alpha value is -0.400. The molecule has 0 aliphatic heterocycles. The number of rotatable bonds is 8. The zero-order valence-corrected chi connectivity index (χ0v) is 13.1. The fourth-order valence-corrected chi connectivity index (χ4v) is 3.73. The highest BCUT2D eigenvalue weighted by Crippen LogP contribution is 2.15. The van der Waals surface area contributed by atoms with Gasteiger partial charge in [-0.25, -0.2) is 13.1 Å². The number of sulfonamides is 1. The molecule has 7 heteroatoms. The molecule has 0 saturated carbocycles. The Morgan fingerprint density at radius 1 is 1.50 bits per heavy atom. The zero-order valence-electron chi connectivity index (χ0n) is 10.7. The van der Waals surface area contributed by atoms with Gasteiger partial charge in [0.1, 0.15) is 4.90 Å². The van der Waals surface area contributed by atoms with Crippen molar-refractivity contribution in [1.29, 1.82) is 0 Å². The third-order valence-electron chi connectivity index (χ3n) is 2.85. The molecule has 0 fully saturated rings. The quantitative estimate of drug-likeness (QED) is 0.714. The highest BCUT2D eigenvalue weighted by Gasteiger charge is 2.19. The summed E-state index contributed by atoms with van der Waals surface area (Å²) >= 11 is 3.40. The number of aryl methyl sites for hydroxylation is 1. The van der Waals surface area contributed by atoms with Crippen molar-refractivity contribution >= 4 is 26.0 Å². The second-order valence-electron chi connectivity index (χ2n) is 4.34. The van der Waals surface area contributed by atoms with Gasteiger partial charge in [-0.3, -0.25) is 5.10 Å². The lowest BCUT2D eigenvalue weighted by molar-refractivity contribution is 0.459. The van der Waals surface area contributed by atoms with E-state index in [1.54, 1.807) is 6.92 Å². The standard InChI is InChI=1S/C11H20BrN3O2S/c1-3-4-10(5-6-12)7-14-18(16,17)11-8-13-15-9(11)2/h8,10,14H,3-7H2,1-2H3,(H,13,15). The van der Waals surface area contributed by atoms with Gasteiger partial charge in [0.15, 0.2) is 0 Å². The molecule has 0 saturated heterocycles. The van der Waals surface area contributed by atoms with Gasteiger partial charge in [-0.05, 0) is 25.7 Å². The first-order valence-electron chi connectivity index (χ1n) is 6.06. The van der Waals surface area contributed by atoms with Crippen molar-refractivity contribution < 1.29 is 8.42 Å². The molecule has 0 aliphatic rings. The Labute approximate surface area is 117 Å². The molecule has 0 aliphatic carbocycles. The van der Waals surface area contributed by atoms with Crippen molar-refractivity contribution in [3.05, 3.63) is 11.9 Å². The molecular weight excluding hydrogens is 318 g/mol. The lowest BCUT2D eigenvalue weighted by Gasteiger charge is -2.15. The molecule has 1 heterocycles. The number of hydrogen-bond donors (Lipinski definition) is 2. The summed E-state index contributed by atoms with van der Waals surface area (Å²) in [4.78, 5) is 0.233. The van der Waals surface area contributed by atoms with Gasteiger partial charge in [0.25, 0.3) is 0 Å². The van der Waals surface area contributed by atoms with E-state index in [1.807, 2.05) is 0 Å². The summed E-state index contributed by atoms with van der Waals surface area (Å²) in [5, 5.41) is 7.27. The number of H-pyrrole nitrogens is 1. The first kappa shape index (κ1) is 15.7. The molecule has 1 atom stereocenters. The maximum absolute atomic E-state index is 12.0. The number of aromatic nitrogens is 2. The summed E-state index contributed by atoms with van der Waals surface area (Å²) in [5.41, 5.74) is 0.565. The molecule has 5 nitrogen and oxygen atoms in total. The van der Waals surface area contributed by atoms with E-state index < -0.39 is 10.0 Å². The van der Waals surface area contributed by atoms with E-state index in [0.29, 0.717) is 18.2 Å². The second-order valence-corrected chi connectivity index (χ2v) is 6.87. The van der Waals surface area contributed by atoms with Crippen LogP contribution in [0.25, 0.3) is 0 Å². The van der Waals surface area contributed by atoms with Crippen LogP contribution in [0.2, 0.25) is 0 Å². The number of alkyl halides is 1.